The van der Waals surface area contributed by atoms with Crippen LogP contribution in [0.5, 0.6) is 5.75 Å². The number of methoxy groups -OCH3 is 1. The number of hydrogen-bond acceptors (Lipinski definition) is 4. The Labute approximate surface area is 93.4 Å². The number of nitrogens with one attached hydrogen (secondary N) is 1. The van der Waals surface area contributed by atoms with Crippen LogP contribution < -0.4 is 10.1 Å². The lowest BCUT2D eigenvalue weighted by molar-refractivity contribution is -0.143. The number of hydrogen-bond donors (Lipinski definition) is 1. The minimum atomic E-state index is -0.532. The molecule has 0 spiro atoms. The molecule has 4 nitrogen and oxygen atoms in total. The van der Waals surface area contributed by atoms with Gasteiger partial charge in [-0.2, -0.15) is 0 Å². The normalized spacial score (nSPS) is 11.9. The average molecular weight is 227 g/mol. The zero-order valence-corrected chi connectivity index (χ0v) is 9.20. The van der Waals surface area contributed by atoms with Gasteiger partial charge in [0.15, 0.2) is 0 Å². The van der Waals surface area contributed by atoms with Crippen molar-refractivity contribution >= 4 is 5.97 Å². The Bertz CT molecular complexity index is 340. The van der Waals surface area contributed by atoms with Gasteiger partial charge in [0.1, 0.15) is 24.2 Å². The summed E-state index contributed by atoms with van der Waals surface area (Å²) in [6.07, 6.45) is 0. The fraction of sp³-hybridized carbons (Fsp3) is 0.364. The summed E-state index contributed by atoms with van der Waals surface area (Å²) in [7, 11) is 2.94. The molecule has 88 valence electrons. The van der Waals surface area contributed by atoms with E-state index in [2.05, 4.69) is 10.1 Å². The Hall–Kier alpha value is -1.62. The first-order chi connectivity index (χ1) is 7.67. The monoisotopic (exact) mass is 227 g/mol. The lowest BCUT2D eigenvalue weighted by Gasteiger charge is -2.14. The van der Waals surface area contributed by atoms with Crippen LogP contribution in [0.25, 0.3) is 0 Å². The largest absolute Gasteiger partial charge is 0.491 e. The maximum Gasteiger partial charge on any atom is 0.326 e. The molecule has 0 saturated carbocycles. The van der Waals surface area contributed by atoms with E-state index in [1.807, 2.05) is 0 Å². The molecule has 1 unspecified atom stereocenters. The fourth-order valence-electron chi connectivity index (χ4n) is 1.12. The first-order valence-electron chi connectivity index (χ1n) is 4.81. The number of carbonyl (C=O) groups excluding carboxylic acids is 1. The molecule has 0 bridgehead atoms. The molecule has 0 aliphatic heterocycles. The van der Waals surface area contributed by atoms with Gasteiger partial charge in [-0.15, -0.1) is 0 Å². The number of carbonyl (C=O) groups is 1. The minimum absolute atomic E-state index is 0.134. The number of ether oxygens (including phenoxy) is 2. The molecule has 16 heavy (non-hydrogen) atoms. The van der Waals surface area contributed by atoms with Gasteiger partial charge in [0.25, 0.3) is 0 Å². The highest BCUT2D eigenvalue weighted by Gasteiger charge is 2.17. The Morgan fingerprint density at radius 2 is 2.06 bits per heavy atom. The summed E-state index contributed by atoms with van der Waals surface area (Å²) in [5.74, 6) is -0.222. The third-order valence-corrected chi connectivity index (χ3v) is 2.06. The summed E-state index contributed by atoms with van der Waals surface area (Å²) in [6, 6.07) is 5.05. The quantitative estimate of drug-likeness (QED) is 0.761. The topological polar surface area (TPSA) is 47.6 Å². The van der Waals surface area contributed by atoms with E-state index in [9.17, 15) is 9.18 Å². The maximum atomic E-state index is 12.6. The second-order valence-corrected chi connectivity index (χ2v) is 3.13. The van der Waals surface area contributed by atoms with Crippen molar-refractivity contribution in [3.63, 3.8) is 0 Å². The SMILES string of the molecule is CNC(COc1ccc(F)cc1)C(=O)OC. The van der Waals surface area contributed by atoms with E-state index in [1.165, 1.54) is 31.4 Å². The van der Waals surface area contributed by atoms with Gasteiger partial charge in [-0.1, -0.05) is 0 Å². The van der Waals surface area contributed by atoms with Crippen molar-refractivity contribution in [1.82, 2.24) is 5.32 Å². The molecule has 0 saturated heterocycles. The van der Waals surface area contributed by atoms with Gasteiger partial charge in [-0.05, 0) is 31.3 Å². The summed E-state index contributed by atoms with van der Waals surface area (Å²) in [5.41, 5.74) is 0. The summed E-state index contributed by atoms with van der Waals surface area (Å²) in [5, 5.41) is 2.76. The van der Waals surface area contributed by atoms with E-state index < -0.39 is 12.0 Å². The molecule has 0 radical (unpaired) electrons. The van der Waals surface area contributed by atoms with Gasteiger partial charge < -0.3 is 14.8 Å². The van der Waals surface area contributed by atoms with Crippen LogP contribution in [0.2, 0.25) is 0 Å². The molecule has 1 aromatic rings. The van der Waals surface area contributed by atoms with Crippen LogP contribution in [0.3, 0.4) is 0 Å². The van der Waals surface area contributed by atoms with E-state index in [0.29, 0.717) is 5.75 Å². The highest BCUT2D eigenvalue weighted by Crippen LogP contribution is 2.11. The smallest absolute Gasteiger partial charge is 0.326 e. The standard InChI is InChI=1S/C11H14FNO3/c1-13-10(11(14)15-2)7-16-9-5-3-8(12)4-6-9/h3-6,10,13H,7H2,1-2H3. The van der Waals surface area contributed by atoms with Gasteiger partial charge in [-0.3, -0.25) is 4.79 Å². The van der Waals surface area contributed by atoms with Crippen molar-refractivity contribution in [2.45, 2.75) is 6.04 Å². The molecule has 5 heteroatoms. The molecule has 1 aromatic carbocycles. The fourth-order valence-corrected chi connectivity index (χ4v) is 1.12. The van der Waals surface area contributed by atoms with E-state index >= 15 is 0 Å². The zero-order valence-electron chi connectivity index (χ0n) is 9.20. The van der Waals surface area contributed by atoms with Crippen LogP contribution in [0.15, 0.2) is 24.3 Å². The number of esters is 1. The van der Waals surface area contributed by atoms with Crippen LogP contribution in [0.1, 0.15) is 0 Å². The lowest BCUT2D eigenvalue weighted by Crippen LogP contribution is -2.40. The van der Waals surface area contributed by atoms with Crippen LogP contribution in [0.4, 0.5) is 4.39 Å². The van der Waals surface area contributed by atoms with E-state index in [4.69, 9.17) is 4.74 Å². The predicted molar refractivity (Wildman–Crippen MR) is 56.8 cm³/mol. The maximum absolute atomic E-state index is 12.6. The number of rotatable bonds is 5. The molecule has 1 N–H and O–H groups in total. The van der Waals surface area contributed by atoms with Gasteiger partial charge >= 0.3 is 5.97 Å². The molecule has 1 atom stereocenters. The molecule has 0 aliphatic rings. The van der Waals surface area contributed by atoms with E-state index in [1.54, 1.807) is 7.05 Å². The molecule has 0 aliphatic carbocycles. The molecule has 0 amide bonds. The number of halogens is 1. The van der Waals surface area contributed by atoms with Crippen LogP contribution >= 0.6 is 0 Å². The van der Waals surface area contributed by atoms with Crippen molar-refractivity contribution < 1.29 is 18.7 Å². The molecular formula is C11H14FNO3. The molecule has 1 rings (SSSR count). The molecular weight excluding hydrogens is 213 g/mol. The van der Waals surface area contributed by atoms with Crippen molar-refractivity contribution in [3.05, 3.63) is 30.1 Å². The highest BCUT2D eigenvalue weighted by molar-refractivity contribution is 5.75. The molecule has 0 heterocycles. The zero-order chi connectivity index (χ0) is 12.0. The highest BCUT2D eigenvalue weighted by atomic mass is 19.1. The van der Waals surface area contributed by atoms with Gasteiger partial charge in [0.2, 0.25) is 0 Å². The third-order valence-electron chi connectivity index (χ3n) is 2.06. The first kappa shape index (κ1) is 12.4. The van der Waals surface area contributed by atoms with Crippen molar-refractivity contribution in [2.24, 2.45) is 0 Å². The lowest BCUT2D eigenvalue weighted by atomic mass is 10.3. The summed E-state index contributed by atoms with van der Waals surface area (Å²) in [6.45, 7) is 0.134. The Morgan fingerprint density at radius 1 is 1.44 bits per heavy atom. The van der Waals surface area contributed by atoms with Crippen molar-refractivity contribution in [3.8, 4) is 5.75 Å². The van der Waals surface area contributed by atoms with Crippen LogP contribution in [-0.2, 0) is 9.53 Å². The number of likely N-dealkylation sites (N-methyl/N-ethyl adjacent to an activating group) is 1. The van der Waals surface area contributed by atoms with E-state index in [0.717, 1.165) is 0 Å². The van der Waals surface area contributed by atoms with Crippen molar-refractivity contribution in [1.29, 1.82) is 0 Å². The minimum Gasteiger partial charge on any atom is -0.491 e. The summed E-state index contributed by atoms with van der Waals surface area (Å²) < 4.78 is 22.5. The Kier molecular flexibility index (Phi) is 4.72. The Morgan fingerprint density at radius 3 is 2.56 bits per heavy atom. The van der Waals surface area contributed by atoms with Crippen LogP contribution in [-0.4, -0.2) is 32.8 Å². The first-order valence-corrected chi connectivity index (χ1v) is 4.81. The average Bonchev–Trinajstić information content (AvgIpc) is 2.31. The van der Waals surface area contributed by atoms with Gasteiger partial charge in [-0.25, -0.2) is 4.39 Å². The van der Waals surface area contributed by atoms with Crippen LogP contribution in [0, 0.1) is 5.82 Å². The molecule has 0 fully saturated rings. The predicted octanol–water partition coefficient (Wildman–Crippen LogP) is 0.965. The summed E-state index contributed by atoms with van der Waals surface area (Å²) >= 11 is 0. The van der Waals surface area contributed by atoms with Crippen molar-refractivity contribution in [2.75, 3.05) is 20.8 Å². The third kappa shape index (κ3) is 3.51. The van der Waals surface area contributed by atoms with Gasteiger partial charge in [0, 0.05) is 0 Å². The number of benzene rings is 1. The van der Waals surface area contributed by atoms with Gasteiger partial charge in [0.05, 0.1) is 7.11 Å². The van der Waals surface area contributed by atoms with E-state index in [-0.39, 0.29) is 12.4 Å². The summed E-state index contributed by atoms with van der Waals surface area (Å²) in [4.78, 5) is 11.2. The second kappa shape index (κ2) is 6.07. The Balaban J connectivity index is 2.49. The molecule has 0 aromatic heterocycles. The second-order valence-electron chi connectivity index (χ2n) is 3.13.